The molecule has 0 aromatic rings. The van der Waals surface area contributed by atoms with E-state index in [1.54, 1.807) is 0 Å². The Morgan fingerprint density at radius 3 is 2.83 bits per heavy atom. The molecule has 3 heteroatoms. The van der Waals surface area contributed by atoms with Gasteiger partial charge in [0.15, 0.2) is 5.96 Å². The van der Waals surface area contributed by atoms with E-state index in [1.807, 2.05) is 6.92 Å². The Morgan fingerprint density at radius 1 is 1.58 bits per heavy atom. The van der Waals surface area contributed by atoms with Crippen LogP contribution in [-0.2, 0) is 0 Å². The highest BCUT2D eigenvalue weighted by Gasteiger charge is 2.15. The minimum atomic E-state index is 0.594. The third-order valence-corrected chi connectivity index (χ3v) is 2.40. The number of hydrogen-bond donors (Lipinski definition) is 2. The van der Waals surface area contributed by atoms with Gasteiger partial charge in [0.25, 0.3) is 0 Å². The molecule has 0 heterocycles. The van der Waals surface area contributed by atoms with E-state index >= 15 is 0 Å². The smallest absolute Gasteiger partial charge is 0.188 e. The zero-order chi connectivity index (χ0) is 8.81. The maximum Gasteiger partial charge on any atom is 0.188 e. The second kappa shape index (κ2) is 5.01. The molecule has 0 bridgehead atoms. The molecule has 0 aromatic heterocycles. The maximum atomic E-state index is 5.57. The van der Waals surface area contributed by atoms with Crippen LogP contribution in [-0.4, -0.2) is 19.0 Å². The fraction of sp³-hybridized carbons (Fsp3) is 0.889. The van der Waals surface area contributed by atoms with E-state index in [0.29, 0.717) is 5.96 Å². The van der Waals surface area contributed by atoms with E-state index in [2.05, 4.69) is 10.3 Å². The minimum absolute atomic E-state index is 0.594. The lowest BCUT2D eigenvalue weighted by Gasteiger charge is -2.24. The number of nitrogens with one attached hydrogen (secondary N) is 1. The molecule has 0 spiro atoms. The van der Waals surface area contributed by atoms with Crippen LogP contribution in [0.5, 0.6) is 0 Å². The molecule has 0 radical (unpaired) electrons. The van der Waals surface area contributed by atoms with Gasteiger partial charge in [-0.05, 0) is 19.3 Å². The van der Waals surface area contributed by atoms with Crippen molar-refractivity contribution in [1.82, 2.24) is 5.32 Å². The van der Waals surface area contributed by atoms with Gasteiger partial charge >= 0.3 is 0 Å². The number of rotatable bonds is 4. The summed E-state index contributed by atoms with van der Waals surface area (Å²) in [5, 5.41) is 2.98. The summed E-state index contributed by atoms with van der Waals surface area (Å²) in [5.74, 6) is 1.53. The number of nitrogens with zero attached hydrogens (tertiary/aromatic N) is 1. The first-order valence-electron chi connectivity index (χ1n) is 4.86. The first-order valence-corrected chi connectivity index (χ1v) is 4.86. The van der Waals surface area contributed by atoms with Gasteiger partial charge in [0, 0.05) is 13.1 Å². The molecule has 1 aliphatic rings. The second-order valence-electron chi connectivity index (χ2n) is 3.38. The molecule has 1 fully saturated rings. The van der Waals surface area contributed by atoms with Gasteiger partial charge in [-0.25, -0.2) is 0 Å². The monoisotopic (exact) mass is 169 g/mol. The molecule has 3 N–H and O–H groups in total. The maximum absolute atomic E-state index is 5.57. The molecule has 1 aliphatic carbocycles. The lowest BCUT2D eigenvalue weighted by atomic mass is 9.83. The van der Waals surface area contributed by atoms with Crippen LogP contribution in [0.25, 0.3) is 0 Å². The predicted molar refractivity (Wildman–Crippen MR) is 52.1 cm³/mol. The van der Waals surface area contributed by atoms with E-state index in [1.165, 1.54) is 25.7 Å². The van der Waals surface area contributed by atoms with Crippen LogP contribution < -0.4 is 11.1 Å². The summed E-state index contributed by atoms with van der Waals surface area (Å²) < 4.78 is 0. The highest BCUT2D eigenvalue weighted by molar-refractivity contribution is 5.77. The Morgan fingerprint density at radius 2 is 2.33 bits per heavy atom. The summed E-state index contributed by atoms with van der Waals surface area (Å²) in [5.41, 5.74) is 5.57. The largest absolute Gasteiger partial charge is 0.370 e. The van der Waals surface area contributed by atoms with Gasteiger partial charge in [-0.2, -0.15) is 0 Å². The van der Waals surface area contributed by atoms with Crippen molar-refractivity contribution >= 4 is 5.96 Å². The van der Waals surface area contributed by atoms with Crippen LogP contribution in [0.4, 0.5) is 0 Å². The van der Waals surface area contributed by atoms with Gasteiger partial charge in [0.05, 0.1) is 0 Å². The molecule has 0 saturated heterocycles. The summed E-state index contributed by atoms with van der Waals surface area (Å²) in [6.45, 7) is 3.77. The Balaban J connectivity index is 2.02. The summed E-state index contributed by atoms with van der Waals surface area (Å²) in [4.78, 5) is 4.22. The van der Waals surface area contributed by atoms with Gasteiger partial charge in [-0.3, -0.25) is 4.99 Å². The van der Waals surface area contributed by atoms with E-state index in [0.717, 1.165) is 19.0 Å². The van der Waals surface area contributed by atoms with Crippen LogP contribution in [0.1, 0.15) is 32.6 Å². The lowest BCUT2D eigenvalue weighted by molar-refractivity contribution is 0.300. The normalized spacial score (nSPS) is 18.9. The zero-order valence-electron chi connectivity index (χ0n) is 7.84. The van der Waals surface area contributed by atoms with Crippen LogP contribution in [0, 0.1) is 5.92 Å². The van der Waals surface area contributed by atoms with Crippen molar-refractivity contribution in [2.45, 2.75) is 32.6 Å². The molecule has 12 heavy (non-hydrogen) atoms. The van der Waals surface area contributed by atoms with Crippen LogP contribution in [0.2, 0.25) is 0 Å². The first-order chi connectivity index (χ1) is 5.83. The molecule has 0 unspecified atom stereocenters. The Labute approximate surface area is 74.4 Å². The van der Waals surface area contributed by atoms with Crippen molar-refractivity contribution in [3.63, 3.8) is 0 Å². The Kier molecular flexibility index (Phi) is 3.91. The third-order valence-electron chi connectivity index (χ3n) is 2.40. The van der Waals surface area contributed by atoms with Crippen LogP contribution in [0.3, 0.4) is 0 Å². The predicted octanol–water partition coefficient (Wildman–Crippen LogP) is 1.10. The molecular weight excluding hydrogens is 150 g/mol. The third kappa shape index (κ3) is 3.11. The fourth-order valence-electron chi connectivity index (χ4n) is 1.39. The fourth-order valence-corrected chi connectivity index (χ4v) is 1.39. The molecule has 0 aliphatic heterocycles. The van der Waals surface area contributed by atoms with Gasteiger partial charge in [-0.15, -0.1) is 0 Å². The highest BCUT2D eigenvalue weighted by atomic mass is 15.1. The molecule has 1 saturated carbocycles. The standard InChI is InChI=1S/C9H19N3/c1-2-11-9(10)12-7-6-8-4-3-5-8/h8H,2-7H2,1H3,(H3,10,11,12). The summed E-state index contributed by atoms with van der Waals surface area (Å²) in [7, 11) is 0. The van der Waals surface area contributed by atoms with E-state index in [4.69, 9.17) is 5.73 Å². The van der Waals surface area contributed by atoms with E-state index < -0.39 is 0 Å². The van der Waals surface area contributed by atoms with Crippen molar-refractivity contribution in [3.05, 3.63) is 0 Å². The lowest BCUT2D eigenvalue weighted by Crippen LogP contribution is -2.31. The van der Waals surface area contributed by atoms with Crippen LogP contribution >= 0.6 is 0 Å². The number of guanidine groups is 1. The van der Waals surface area contributed by atoms with Crippen molar-refractivity contribution in [2.24, 2.45) is 16.6 Å². The van der Waals surface area contributed by atoms with Gasteiger partial charge in [0.2, 0.25) is 0 Å². The average Bonchev–Trinajstić information content (AvgIpc) is 1.95. The molecule has 3 nitrogen and oxygen atoms in total. The summed E-state index contributed by atoms with van der Waals surface area (Å²) >= 11 is 0. The molecule has 70 valence electrons. The van der Waals surface area contributed by atoms with Crippen molar-refractivity contribution in [2.75, 3.05) is 13.1 Å². The Bertz CT molecular complexity index is 150. The highest BCUT2D eigenvalue weighted by Crippen LogP contribution is 2.28. The Hall–Kier alpha value is -0.730. The number of nitrogens with two attached hydrogens (primary N) is 1. The molecule has 0 atom stereocenters. The second-order valence-corrected chi connectivity index (χ2v) is 3.38. The van der Waals surface area contributed by atoms with Gasteiger partial charge in [0.1, 0.15) is 0 Å². The van der Waals surface area contributed by atoms with Gasteiger partial charge < -0.3 is 11.1 Å². The van der Waals surface area contributed by atoms with Crippen molar-refractivity contribution in [3.8, 4) is 0 Å². The topological polar surface area (TPSA) is 50.4 Å². The summed E-state index contributed by atoms with van der Waals surface area (Å²) in [6.07, 6.45) is 5.43. The van der Waals surface area contributed by atoms with E-state index in [9.17, 15) is 0 Å². The first kappa shape index (κ1) is 9.36. The summed E-state index contributed by atoms with van der Waals surface area (Å²) in [6, 6.07) is 0. The molecule has 1 rings (SSSR count). The average molecular weight is 169 g/mol. The van der Waals surface area contributed by atoms with E-state index in [-0.39, 0.29) is 0 Å². The van der Waals surface area contributed by atoms with Crippen molar-refractivity contribution < 1.29 is 0 Å². The number of aliphatic imine (C=N–C) groups is 1. The number of hydrogen-bond acceptors (Lipinski definition) is 1. The zero-order valence-corrected chi connectivity index (χ0v) is 7.84. The van der Waals surface area contributed by atoms with Crippen molar-refractivity contribution in [1.29, 1.82) is 0 Å². The van der Waals surface area contributed by atoms with Gasteiger partial charge in [-0.1, -0.05) is 19.3 Å². The molecule has 0 amide bonds. The molecule has 0 aromatic carbocycles. The minimum Gasteiger partial charge on any atom is -0.370 e. The molecular formula is C9H19N3. The SMILES string of the molecule is CCNC(N)=NCCC1CCC1. The quantitative estimate of drug-likeness (QED) is 0.489. The van der Waals surface area contributed by atoms with Crippen LogP contribution in [0.15, 0.2) is 4.99 Å².